The molecular weight excluding hydrogens is 1130 g/mol. The summed E-state index contributed by atoms with van der Waals surface area (Å²) in [5.41, 5.74) is 1.46. The standard InChI is InChI=1S/C63H94N3O19P/c1-12-19-30-50(67)64-31-32-76-62-57(65-51(68)33-41(8)13-2)59(83-55(72)34-42(9)14-3)43(10)48(81-62)40-77-63-58(66-52(69)35-46(15-4)79-53(70)17-6)61(84-56(73)36-47(16-5)80-54(71)18-7)60(49(82-63)39-75-37-44-26-22-20-23-27-44)85-86(11,74)78-38-45-28-24-21-25-29-45/h1,20-29,41-43,46-49,57-63H,13-19,30-40H2,2-11H3,(H,64,67)(H,65,68)(H,66,69)/t41-,42-,43-,46-,47-,48?,49?,57?,58?,59+,60-,61-,62+,63-,86?/m1/s1. The van der Waals surface area contributed by atoms with E-state index in [9.17, 15) is 38.1 Å². The van der Waals surface area contributed by atoms with Crippen molar-refractivity contribution in [2.24, 2.45) is 17.8 Å². The summed E-state index contributed by atoms with van der Waals surface area (Å²) in [5, 5.41) is 8.71. The molecule has 0 bridgehead atoms. The molecule has 2 heterocycles. The van der Waals surface area contributed by atoms with Crippen molar-refractivity contribution in [1.82, 2.24) is 16.0 Å². The van der Waals surface area contributed by atoms with Crippen LogP contribution in [0.3, 0.4) is 0 Å². The highest BCUT2D eigenvalue weighted by Gasteiger charge is 2.54. The maximum absolute atomic E-state index is 14.7. The first-order valence-corrected chi connectivity index (χ1v) is 32.3. The Morgan fingerprint density at radius 1 is 0.616 bits per heavy atom. The van der Waals surface area contributed by atoms with Crippen LogP contribution >= 0.6 is 7.60 Å². The van der Waals surface area contributed by atoms with Crippen molar-refractivity contribution in [3.05, 3.63) is 71.8 Å². The predicted molar refractivity (Wildman–Crippen MR) is 317 cm³/mol. The number of terminal acetylenes is 1. The largest absolute Gasteiger partial charge is 0.462 e. The Morgan fingerprint density at radius 3 is 1.72 bits per heavy atom. The van der Waals surface area contributed by atoms with E-state index in [-0.39, 0.29) is 114 Å². The van der Waals surface area contributed by atoms with E-state index in [2.05, 4.69) is 21.9 Å². The zero-order valence-electron chi connectivity index (χ0n) is 51.9. The molecule has 2 aromatic rings. The van der Waals surface area contributed by atoms with Crippen LogP contribution in [0.25, 0.3) is 0 Å². The number of carbonyl (C=O) groups excluding carboxylic acids is 7. The summed E-state index contributed by atoms with van der Waals surface area (Å²) in [6, 6.07) is 15.6. The fourth-order valence-corrected chi connectivity index (χ4v) is 10.4. The maximum Gasteiger partial charge on any atom is 0.328 e. The topological polar surface area (TPSA) is 274 Å². The molecule has 2 aliphatic rings. The molecule has 86 heavy (non-hydrogen) atoms. The summed E-state index contributed by atoms with van der Waals surface area (Å²) in [4.78, 5) is 94.4. The number of amides is 3. The number of esters is 4. The van der Waals surface area contributed by atoms with E-state index in [1.165, 1.54) is 6.66 Å². The van der Waals surface area contributed by atoms with Crippen LogP contribution in [0, 0.1) is 30.1 Å². The summed E-state index contributed by atoms with van der Waals surface area (Å²) in [7, 11) is -4.19. The molecule has 4 rings (SSSR count). The lowest BCUT2D eigenvalue weighted by Crippen LogP contribution is -2.67. The number of carbonyl (C=O) groups is 7. The maximum atomic E-state index is 14.7. The Hall–Kier alpha value is -5.76. The summed E-state index contributed by atoms with van der Waals surface area (Å²) < 4.78 is 84.0. The first kappa shape index (κ1) is 72.7. The molecule has 2 fully saturated rings. The highest BCUT2D eigenvalue weighted by Crippen LogP contribution is 2.49. The van der Waals surface area contributed by atoms with Crippen LogP contribution in [0.1, 0.15) is 150 Å². The summed E-state index contributed by atoms with van der Waals surface area (Å²) >= 11 is 0. The molecule has 22 nitrogen and oxygen atoms in total. The van der Waals surface area contributed by atoms with Crippen LogP contribution in [0.2, 0.25) is 0 Å². The van der Waals surface area contributed by atoms with Gasteiger partial charge in [0, 0.05) is 57.7 Å². The molecular formula is C63H94N3O19P. The summed E-state index contributed by atoms with van der Waals surface area (Å²) in [5.74, 6) is -2.23. The second kappa shape index (κ2) is 38.5. The van der Waals surface area contributed by atoms with Crippen LogP contribution in [0.15, 0.2) is 60.7 Å². The monoisotopic (exact) mass is 1230 g/mol. The molecule has 0 aliphatic carbocycles. The number of nitrogens with one attached hydrogen (secondary N) is 3. The van der Waals surface area contributed by atoms with E-state index in [4.69, 9.17) is 58.1 Å². The minimum absolute atomic E-state index is 0.00336. The first-order valence-electron chi connectivity index (χ1n) is 30.3. The van der Waals surface area contributed by atoms with Gasteiger partial charge in [-0.05, 0) is 35.8 Å². The van der Waals surface area contributed by atoms with Gasteiger partial charge < -0.3 is 63.1 Å². The van der Waals surface area contributed by atoms with Crippen molar-refractivity contribution in [2.75, 3.05) is 33.0 Å². The van der Waals surface area contributed by atoms with Gasteiger partial charge >= 0.3 is 31.5 Å². The third kappa shape index (κ3) is 25.5. The minimum atomic E-state index is -4.19. The van der Waals surface area contributed by atoms with E-state index in [1.54, 1.807) is 58.9 Å². The molecule has 23 heteroatoms. The normalized spacial score (nSPS) is 24.0. The van der Waals surface area contributed by atoms with Gasteiger partial charge in [0.05, 0.1) is 52.0 Å². The molecule has 0 radical (unpaired) electrons. The van der Waals surface area contributed by atoms with Crippen LogP contribution in [-0.4, -0.2) is 142 Å². The lowest BCUT2D eigenvalue weighted by atomic mass is 9.88. The van der Waals surface area contributed by atoms with Gasteiger partial charge in [-0.2, -0.15) is 0 Å². The lowest BCUT2D eigenvalue weighted by Gasteiger charge is -2.48. The van der Waals surface area contributed by atoms with Crippen molar-refractivity contribution in [2.45, 2.75) is 220 Å². The molecule has 3 amide bonds. The van der Waals surface area contributed by atoms with Crippen molar-refractivity contribution in [3.63, 3.8) is 0 Å². The Morgan fingerprint density at radius 2 is 1.14 bits per heavy atom. The average molecular weight is 1230 g/mol. The molecule has 0 aromatic heterocycles. The minimum Gasteiger partial charge on any atom is -0.462 e. The number of hydrogen-bond acceptors (Lipinski definition) is 19. The first-order chi connectivity index (χ1) is 41.2. The SMILES string of the molecule is C#CCCC(=O)NCCO[C@H]1OC(CO[C@@H]2OC(COCc3ccccc3)[C@@H](OP(C)(=O)OCc3ccccc3)[C@H](OC(=O)C[C@@H](CC)OC(=O)CC)C2NC(=O)C[C@@H](CC)OC(=O)CC)[C@@H](C)[C@H](OC(=O)C[C@H](C)CC)C1NC(=O)C[C@H](C)CC. The second-order valence-electron chi connectivity index (χ2n) is 22.0. The van der Waals surface area contributed by atoms with Gasteiger partial charge in [-0.15, -0.1) is 12.3 Å². The third-order valence-electron chi connectivity index (χ3n) is 14.9. The molecule has 3 N–H and O–H groups in total. The van der Waals surface area contributed by atoms with E-state index < -0.39 is 124 Å². The van der Waals surface area contributed by atoms with E-state index >= 15 is 0 Å². The number of benzene rings is 2. The van der Waals surface area contributed by atoms with E-state index in [0.29, 0.717) is 18.4 Å². The molecule has 5 unspecified atom stereocenters. The zero-order valence-corrected chi connectivity index (χ0v) is 52.8. The van der Waals surface area contributed by atoms with Crippen LogP contribution < -0.4 is 16.0 Å². The average Bonchev–Trinajstić information content (AvgIpc) is 1.13. The molecule has 15 atom stereocenters. The molecule has 480 valence electrons. The molecule has 2 saturated heterocycles. The summed E-state index contributed by atoms with van der Waals surface area (Å²) in [6.07, 6.45) is -4.28. The van der Waals surface area contributed by atoms with Crippen LogP contribution in [0.5, 0.6) is 0 Å². The molecule has 2 aromatic carbocycles. The van der Waals surface area contributed by atoms with Gasteiger partial charge in [-0.3, -0.25) is 42.7 Å². The van der Waals surface area contributed by atoms with E-state index in [0.717, 1.165) is 5.56 Å². The third-order valence-corrected chi connectivity index (χ3v) is 16.1. The van der Waals surface area contributed by atoms with Gasteiger partial charge in [-0.1, -0.05) is 136 Å². The van der Waals surface area contributed by atoms with Gasteiger partial charge in [0.15, 0.2) is 18.7 Å². The Labute approximate surface area is 508 Å². The van der Waals surface area contributed by atoms with Crippen molar-refractivity contribution in [3.8, 4) is 12.3 Å². The molecule has 0 spiro atoms. The number of rotatable bonds is 38. The van der Waals surface area contributed by atoms with Crippen molar-refractivity contribution < 1.29 is 89.8 Å². The molecule has 2 aliphatic heterocycles. The summed E-state index contributed by atoms with van der Waals surface area (Å²) in [6.45, 7) is 16.6. The van der Waals surface area contributed by atoms with E-state index in [1.807, 2.05) is 64.1 Å². The Balaban J connectivity index is 1.88. The Bertz CT molecular complexity index is 2500. The fourth-order valence-electron chi connectivity index (χ4n) is 9.30. The van der Waals surface area contributed by atoms with Gasteiger partial charge in [0.25, 0.3) is 0 Å². The van der Waals surface area contributed by atoms with Gasteiger partial charge in [-0.25, -0.2) is 0 Å². The van der Waals surface area contributed by atoms with Gasteiger partial charge in [0.1, 0.15) is 42.6 Å². The Kier molecular flexibility index (Phi) is 32.6. The number of ether oxygens (including phenoxy) is 9. The lowest BCUT2D eigenvalue weighted by molar-refractivity contribution is -0.298. The number of hydrogen-bond donors (Lipinski definition) is 3. The van der Waals surface area contributed by atoms with Crippen molar-refractivity contribution >= 4 is 49.2 Å². The molecule has 0 saturated carbocycles. The smallest absolute Gasteiger partial charge is 0.328 e. The highest BCUT2D eigenvalue weighted by atomic mass is 31.2. The predicted octanol–water partition coefficient (Wildman–Crippen LogP) is 8.19. The second-order valence-corrected chi connectivity index (χ2v) is 24.0. The van der Waals surface area contributed by atoms with Gasteiger partial charge in [0.2, 0.25) is 17.7 Å². The quantitative estimate of drug-likeness (QED) is 0.0188. The van der Waals surface area contributed by atoms with Crippen molar-refractivity contribution in [1.29, 1.82) is 0 Å². The van der Waals surface area contributed by atoms with Crippen LogP contribution in [-0.2, 0) is 103 Å². The fraction of sp³-hybridized carbons (Fsp3) is 0.667. The zero-order chi connectivity index (χ0) is 63.2. The van der Waals surface area contributed by atoms with Crippen LogP contribution in [0.4, 0.5) is 0 Å². The highest BCUT2D eigenvalue weighted by molar-refractivity contribution is 7.52.